The molecule has 23 heavy (non-hydrogen) atoms. The summed E-state index contributed by atoms with van der Waals surface area (Å²) in [6.45, 7) is 6.26. The van der Waals surface area contributed by atoms with E-state index >= 15 is 0 Å². The van der Waals surface area contributed by atoms with Crippen LogP contribution in [0.1, 0.15) is 32.0 Å². The quantitative estimate of drug-likeness (QED) is 0.659. The van der Waals surface area contributed by atoms with Crippen molar-refractivity contribution >= 4 is 12.1 Å². The zero-order valence-electron chi connectivity index (χ0n) is 13.6. The molecular formula is C18H21N3O2. The lowest BCUT2D eigenvalue weighted by molar-refractivity contribution is -0.125. The highest BCUT2D eigenvalue weighted by atomic mass is 16.5. The van der Waals surface area contributed by atoms with E-state index in [4.69, 9.17) is 4.74 Å². The second-order valence-corrected chi connectivity index (χ2v) is 5.54. The molecule has 1 aromatic carbocycles. The molecule has 0 spiro atoms. The lowest BCUT2D eigenvalue weighted by Gasteiger charge is -2.23. The Hall–Kier alpha value is -2.69. The minimum Gasteiger partial charge on any atom is -0.494 e. The molecule has 5 heteroatoms. The van der Waals surface area contributed by atoms with Gasteiger partial charge in [-0.05, 0) is 50.6 Å². The maximum absolute atomic E-state index is 12.4. The van der Waals surface area contributed by atoms with Crippen molar-refractivity contribution in [2.24, 2.45) is 5.10 Å². The number of hydrogen-bond acceptors (Lipinski definition) is 4. The molecule has 0 atom stereocenters. The van der Waals surface area contributed by atoms with Crippen LogP contribution in [0.5, 0.6) is 5.75 Å². The summed E-state index contributed by atoms with van der Waals surface area (Å²) >= 11 is 0. The fourth-order valence-corrected chi connectivity index (χ4v) is 2.01. The second-order valence-electron chi connectivity index (χ2n) is 5.54. The zero-order valence-corrected chi connectivity index (χ0v) is 13.6. The van der Waals surface area contributed by atoms with E-state index in [1.165, 1.54) is 6.21 Å². The van der Waals surface area contributed by atoms with Gasteiger partial charge in [0.05, 0.1) is 23.9 Å². The van der Waals surface area contributed by atoms with Gasteiger partial charge in [0.15, 0.2) is 0 Å². The monoisotopic (exact) mass is 311 g/mol. The molecule has 120 valence electrons. The van der Waals surface area contributed by atoms with Crippen LogP contribution in [0.3, 0.4) is 0 Å². The molecule has 1 aromatic heterocycles. The first-order chi connectivity index (χ1) is 11.0. The fraction of sp³-hybridized carbons (Fsp3) is 0.278. The number of carbonyl (C=O) groups is 1. The molecule has 0 aliphatic heterocycles. The molecule has 0 bridgehead atoms. The second kappa shape index (κ2) is 7.54. The van der Waals surface area contributed by atoms with Crippen molar-refractivity contribution in [1.82, 2.24) is 10.4 Å². The number of carbonyl (C=O) groups excluding carboxylic acids is 1. The third kappa shape index (κ3) is 4.39. The molecule has 1 N–H and O–H groups in total. The predicted octanol–water partition coefficient (Wildman–Crippen LogP) is 2.91. The Morgan fingerprint density at radius 2 is 2.00 bits per heavy atom. The zero-order chi connectivity index (χ0) is 16.7. The lowest BCUT2D eigenvalue weighted by atomic mass is 9.84. The van der Waals surface area contributed by atoms with E-state index in [2.05, 4.69) is 15.5 Å². The van der Waals surface area contributed by atoms with Crippen molar-refractivity contribution in [3.8, 4) is 5.75 Å². The van der Waals surface area contributed by atoms with Gasteiger partial charge in [-0.1, -0.05) is 18.2 Å². The molecule has 1 amide bonds. The van der Waals surface area contributed by atoms with E-state index in [1.807, 2.05) is 63.2 Å². The van der Waals surface area contributed by atoms with Crippen molar-refractivity contribution in [2.45, 2.75) is 26.2 Å². The summed E-state index contributed by atoms with van der Waals surface area (Å²) in [5.41, 5.74) is 3.45. The van der Waals surface area contributed by atoms with Crippen molar-refractivity contribution in [2.75, 3.05) is 6.61 Å². The summed E-state index contributed by atoms with van der Waals surface area (Å²) < 4.78 is 5.42. The molecule has 0 saturated heterocycles. The number of ether oxygens (including phenoxy) is 1. The molecule has 1 heterocycles. The molecule has 2 aromatic rings. The standard InChI is InChI=1S/C18H21N3O2/c1-4-23-16-10-8-14(9-11-16)18(2,3)17(22)21-20-13-15-7-5-6-12-19-15/h5-13H,4H2,1-3H3,(H,21,22)/b20-13-. The van der Waals surface area contributed by atoms with Crippen LogP contribution in [0, 0.1) is 0 Å². The SMILES string of the molecule is CCOc1ccc(C(C)(C)C(=O)N/N=C\c2ccccn2)cc1. The Bertz CT molecular complexity index is 664. The molecule has 2 rings (SSSR count). The van der Waals surface area contributed by atoms with Gasteiger partial charge < -0.3 is 4.74 Å². The number of nitrogens with one attached hydrogen (secondary N) is 1. The number of rotatable bonds is 6. The van der Waals surface area contributed by atoms with E-state index in [0.29, 0.717) is 12.3 Å². The number of hydrogen-bond donors (Lipinski definition) is 1. The van der Waals surface area contributed by atoms with Gasteiger partial charge in [-0.2, -0.15) is 5.10 Å². The molecule has 0 saturated carbocycles. The van der Waals surface area contributed by atoms with Gasteiger partial charge in [0.2, 0.25) is 5.91 Å². The average molecular weight is 311 g/mol. The highest BCUT2D eigenvalue weighted by Crippen LogP contribution is 2.25. The Kier molecular flexibility index (Phi) is 5.46. The minimum atomic E-state index is -0.702. The van der Waals surface area contributed by atoms with Gasteiger partial charge in [-0.3, -0.25) is 9.78 Å². The first kappa shape index (κ1) is 16.7. The minimum absolute atomic E-state index is 0.186. The number of hydrazone groups is 1. The van der Waals surface area contributed by atoms with E-state index in [-0.39, 0.29) is 5.91 Å². The van der Waals surface area contributed by atoms with Crippen LogP contribution < -0.4 is 10.2 Å². The van der Waals surface area contributed by atoms with Crippen molar-refractivity contribution < 1.29 is 9.53 Å². The number of nitrogens with zero attached hydrogens (tertiary/aromatic N) is 2. The fourth-order valence-electron chi connectivity index (χ4n) is 2.01. The maximum Gasteiger partial charge on any atom is 0.250 e. The molecule has 0 radical (unpaired) electrons. The van der Waals surface area contributed by atoms with Gasteiger partial charge in [-0.25, -0.2) is 5.43 Å². The normalized spacial score (nSPS) is 11.4. The summed E-state index contributed by atoms with van der Waals surface area (Å²) in [7, 11) is 0. The third-order valence-corrected chi connectivity index (χ3v) is 3.51. The topological polar surface area (TPSA) is 63.6 Å². The van der Waals surface area contributed by atoms with Crippen molar-refractivity contribution in [1.29, 1.82) is 0 Å². The van der Waals surface area contributed by atoms with Crippen LogP contribution in [0.2, 0.25) is 0 Å². The molecule has 0 aliphatic carbocycles. The summed E-state index contributed by atoms with van der Waals surface area (Å²) in [6, 6.07) is 13.0. The van der Waals surface area contributed by atoms with Crippen LogP contribution in [0.4, 0.5) is 0 Å². The van der Waals surface area contributed by atoms with Crippen molar-refractivity contribution in [3.05, 3.63) is 59.9 Å². The smallest absolute Gasteiger partial charge is 0.250 e. The largest absolute Gasteiger partial charge is 0.494 e. The lowest BCUT2D eigenvalue weighted by Crippen LogP contribution is -2.37. The first-order valence-electron chi connectivity index (χ1n) is 7.52. The third-order valence-electron chi connectivity index (χ3n) is 3.51. The summed E-state index contributed by atoms with van der Waals surface area (Å²) in [5.74, 6) is 0.606. The summed E-state index contributed by atoms with van der Waals surface area (Å²) in [6.07, 6.45) is 3.19. The van der Waals surface area contributed by atoms with E-state index < -0.39 is 5.41 Å². The van der Waals surface area contributed by atoms with Gasteiger partial charge in [0, 0.05) is 6.20 Å². The number of amides is 1. The van der Waals surface area contributed by atoms with Crippen LogP contribution in [-0.4, -0.2) is 23.7 Å². The van der Waals surface area contributed by atoms with Gasteiger partial charge in [0.1, 0.15) is 5.75 Å². The molecular weight excluding hydrogens is 290 g/mol. The highest BCUT2D eigenvalue weighted by Gasteiger charge is 2.29. The first-order valence-corrected chi connectivity index (χ1v) is 7.52. The van der Waals surface area contributed by atoms with Crippen LogP contribution in [0.25, 0.3) is 0 Å². The molecule has 0 aliphatic rings. The van der Waals surface area contributed by atoms with E-state index in [9.17, 15) is 4.79 Å². The summed E-state index contributed by atoms with van der Waals surface area (Å²) in [4.78, 5) is 16.5. The van der Waals surface area contributed by atoms with Gasteiger partial charge in [-0.15, -0.1) is 0 Å². The molecule has 0 fully saturated rings. The van der Waals surface area contributed by atoms with Crippen LogP contribution >= 0.6 is 0 Å². The Morgan fingerprint density at radius 1 is 1.26 bits per heavy atom. The average Bonchev–Trinajstić information content (AvgIpc) is 2.56. The predicted molar refractivity (Wildman–Crippen MR) is 90.6 cm³/mol. The van der Waals surface area contributed by atoms with Gasteiger partial charge in [0.25, 0.3) is 0 Å². The Morgan fingerprint density at radius 3 is 2.61 bits per heavy atom. The number of pyridine rings is 1. The van der Waals surface area contributed by atoms with Crippen molar-refractivity contribution in [3.63, 3.8) is 0 Å². The summed E-state index contributed by atoms with van der Waals surface area (Å²) in [5, 5.41) is 3.97. The van der Waals surface area contributed by atoms with Crippen LogP contribution in [-0.2, 0) is 10.2 Å². The Balaban J connectivity index is 2.03. The molecule has 5 nitrogen and oxygen atoms in total. The number of aromatic nitrogens is 1. The maximum atomic E-state index is 12.4. The van der Waals surface area contributed by atoms with Gasteiger partial charge >= 0.3 is 0 Å². The van der Waals surface area contributed by atoms with Crippen LogP contribution in [0.15, 0.2) is 53.8 Å². The Labute approximate surface area is 136 Å². The highest BCUT2D eigenvalue weighted by molar-refractivity contribution is 5.88. The number of benzene rings is 1. The van der Waals surface area contributed by atoms with E-state index in [0.717, 1.165) is 11.3 Å². The molecule has 0 unspecified atom stereocenters. The van der Waals surface area contributed by atoms with E-state index in [1.54, 1.807) is 6.20 Å².